The highest BCUT2D eigenvalue weighted by Crippen LogP contribution is 2.12. The molecule has 1 aromatic carbocycles. The lowest BCUT2D eigenvalue weighted by Gasteiger charge is -2.20. The standard InChI is InChI=1S/C16H25NO2/c1-4-13(5-2)15(18)11-17-16(19)10-14-9-7-6-8-12(14)3/h6-9,13,15,18H,4-5,10-11H2,1-3H3,(H,17,19). The molecule has 0 heterocycles. The molecule has 0 bridgehead atoms. The van der Waals surface area contributed by atoms with Crippen molar-refractivity contribution in [3.63, 3.8) is 0 Å². The molecule has 1 aromatic rings. The van der Waals surface area contributed by atoms with Gasteiger partial charge in [0.15, 0.2) is 0 Å². The van der Waals surface area contributed by atoms with Gasteiger partial charge in [0.05, 0.1) is 12.5 Å². The summed E-state index contributed by atoms with van der Waals surface area (Å²) >= 11 is 0. The second-order valence-corrected chi connectivity index (χ2v) is 5.05. The van der Waals surface area contributed by atoms with E-state index < -0.39 is 6.10 Å². The molecule has 0 fully saturated rings. The maximum Gasteiger partial charge on any atom is 0.224 e. The van der Waals surface area contributed by atoms with E-state index in [0.29, 0.717) is 13.0 Å². The average Bonchev–Trinajstić information content (AvgIpc) is 2.40. The number of hydrogen-bond donors (Lipinski definition) is 2. The molecule has 3 nitrogen and oxygen atoms in total. The number of aryl methyl sites for hydroxylation is 1. The lowest BCUT2D eigenvalue weighted by Crippen LogP contribution is -2.36. The van der Waals surface area contributed by atoms with Crippen LogP contribution >= 0.6 is 0 Å². The number of amides is 1. The molecule has 106 valence electrons. The van der Waals surface area contributed by atoms with Crippen molar-refractivity contribution in [2.45, 2.75) is 46.1 Å². The van der Waals surface area contributed by atoms with Gasteiger partial charge in [0.1, 0.15) is 0 Å². The molecule has 2 N–H and O–H groups in total. The van der Waals surface area contributed by atoms with Crippen LogP contribution in [0.3, 0.4) is 0 Å². The third-order valence-electron chi connectivity index (χ3n) is 3.71. The van der Waals surface area contributed by atoms with Gasteiger partial charge in [-0.25, -0.2) is 0 Å². The minimum atomic E-state index is -0.448. The van der Waals surface area contributed by atoms with E-state index in [4.69, 9.17) is 0 Å². The van der Waals surface area contributed by atoms with Crippen LogP contribution in [0, 0.1) is 12.8 Å². The molecule has 0 spiro atoms. The highest BCUT2D eigenvalue weighted by molar-refractivity contribution is 5.78. The highest BCUT2D eigenvalue weighted by Gasteiger charge is 2.16. The normalized spacial score (nSPS) is 12.5. The molecular weight excluding hydrogens is 238 g/mol. The summed E-state index contributed by atoms with van der Waals surface area (Å²) in [4.78, 5) is 11.8. The molecule has 0 saturated heterocycles. The summed E-state index contributed by atoms with van der Waals surface area (Å²) in [6.07, 6.45) is 1.80. The van der Waals surface area contributed by atoms with E-state index >= 15 is 0 Å². The fourth-order valence-electron chi connectivity index (χ4n) is 2.26. The van der Waals surface area contributed by atoms with Crippen molar-refractivity contribution in [3.05, 3.63) is 35.4 Å². The number of carbonyl (C=O) groups is 1. The molecule has 0 aliphatic carbocycles. The molecule has 1 unspecified atom stereocenters. The van der Waals surface area contributed by atoms with Crippen LogP contribution in [-0.4, -0.2) is 23.7 Å². The van der Waals surface area contributed by atoms with Gasteiger partial charge in [-0.2, -0.15) is 0 Å². The van der Waals surface area contributed by atoms with Gasteiger partial charge in [0.25, 0.3) is 0 Å². The Hall–Kier alpha value is -1.35. The Balaban J connectivity index is 2.42. The first-order valence-electron chi connectivity index (χ1n) is 7.07. The zero-order valence-electron chi connectivity index (χ0n) is 12.1. The van der Waals surface area contributed by atoms with Crippen molar-refractivity contribution in [2.75, 3.05) is 6.54 Å². The fourth-order valence-corrected chi connectivity index (χ4v) is 2.26. The number of aliphatic hydroxyl groups excluding tert-OH is 1. The largest absolute Gasteiger partial charge is 0.391 e. The zero-order chi connectivity index (χ0) is 14.3. The van der Waals surface area contributed by atoms with Gasteiger partial charge < -0.3 is 10.4 Å². The highest BCUT2D eigenvalue weighted by atomic mass is 16.3. The predicted octanol–water partition coefficient (Wildman–Crippen LogP) is 2.45. The zero-order valence-corrected chi connectivity index (χ0v) is 12.1. The Morgan fingerprint density at radius 2 is 1.89 bits per heavy atom. The first-order chi connectivity index (χ1) is 9.08. The minimum Gasteiger partial charge on any atom is -0.391 e. The van der Waals surface area contributed by atoms with Crippen molar-refractivity contribution in [3.8, 4) is 0 Å². The Labute approximate surface area is 116 Å². The lowest BCUT2D eigenvalue weighted by molar-refractivity contribution is -0.121. The third kappa shape index (κ3) is 5.03. The number of benzene rings is 1. The molecule has 19 heavy (non-hydrogen) atoms. The van der Waals surface area contributed by atoms with Crippen molar-refractivity contribution in [2.24, 2.45) is 5.92 Å². The van der Waals surface area contributed by atoms with Gasteiger partial charge in [0.2, 0.25) is 5.91 Å². The van der Waals surface area contributed by atoms with Crippen LogP contribution in [0.2, 0.25) is 0 Å². The molecule has 0 saturated carbocycles. The SMILES string of the molecule is CCC(CC)C(O)CNC(=O)Cc1ccccc1C. The fraction of sp³-hybridized carbons (Fsp3) is 0.562. The van der Waals surface area contributed by atoms with Crippen LogP contribution in [0.25, 0.3) is 0 Å². The molecule has 0 aliphatic heterocycles. The van der Waals surface area contributed by atoms with Crippen LogP contribution in [-0.2, 0) is 11.2 Å². The van der Waals surface area contributed by atoms with Gasteiger partial charge >= 0.3 is 0 Å². The van der Waals surface area contributed by atoms with E-state index in [1.54, 1.807) is 0 Å². The Bertz CT molecular complexity index is 399. The summed E-state index contributed by atoms with van der Waals surface area (Å²) in [5, 5.41) is 12.8. The summed E-state index contributed by atoms with van der Waals surface area (Å²) in [7, 11) is 0. The third-order valence-corrected chi connectivity index (χ3v) is 3.71. The van der Waals surface area contributed by atoms with E-state index in [1.807, 2.05) is 31.2 Å². The van der Waals surface area contributed by atoms with Crippen LogP contribution in [0.5, 0.6) is 0 Å². The molecule has 0 aliphatic rings. The second-order valence-electron chi connectivity index (χ2n) is 5.05. The van der Waals surface area contributed by atoms with Crippen molar-refractivity contribution in [1.82, 2.24) is 5.32 Å². The van der Waals surface area contributed by atoms with Crippen LogP contribution < -0.4 is 5.32 Å². The molecule has 1 rings (SSSR count). The topological polar surface area (TPSA) is 49.3 Å². The maximum atomic E-state index is 11.8. The van der Waals surface area contributed by atoms with Crippen molar-refractivity contribution >= 4 is 5.91 Å². The summed E-state index contributed by atoms with van der Waals surface area (Å²) < 4.78 is 0. The predicted molar refractivity (Wildman–Crippen MR) is 78.0 cm³/mol. The van der Waals surface area contributed by atoms with E-state index in [2.05, 4.69) is 19.2 Å². The minimum absolute atomic E-state index is 0.0284. The van der Waals surface area contributed by atoms with Gasteiger partial charge in [-0.15, -0.1) is 0 Å². The monoisotopic (exact) mass is 263 g/mol. The molecular formula is C16H25NO2. The number of hydrogen-bond acceptors (Lipinski definition) is 2. The molecule has 0 aromatic heterocycles. The summed E-state index contributed by atoms with van der Waals surface area (Å²) in [6, 6.07) is 7.87. The Kier molecular flexibility index (Phi) is 6.57. The number of carbonyl (C=O) groups excluding carboxylic acids is 1. The smallest absolute Gasteiger partial charge is 0.224 e. The first-order valence-corrected chi connectivity index (χ1v) is 7.07. The van der Waals surface area contributed by atoms with Gasteiger partial charge in [-0.3, -0.25) is 4.79 Å². The van der Waals surface area contributed by atoms with Crippen molar-refractivity contribution < 1.29 is 9.90 Å². The number of nitrogens with one attached hydrogen (secondary N) is 1. The first kappa shape index (κ1) is 15.7. The van der Waals surface area contributed by atoms with E-state index in [9.17, 15) is 9.90 Å². The van der Waals surface area contributed by atoms with Crippen molar-refractivity contribution in [1.29, 1.82) is 0 Å². The van der Waals surface area contributed by atoms with Gasteiger partial charge in [-0.05, 0) is 24.0 Å². The summed E-state index contributed by atoms with van der Waals surface area (Å²) in [5.41, 5.74) is 2.16. The van der Waals surface area contributed by atoms with Gasteiger partial charge in [-0.1, -0.05) is 51.0 Å². The Morgan fingerprint density at radius 1 is 1.26 bits per heavy atom. The van der Waals surface area contributed by atoms with E-state index in [1.165, 1.54) is 0 Å². The molecule has 1 atom stereocenters. The quantitative estimate of drug-likeness (QED) is 0.794. The molecule has 1 amide bonds. The number of aliphatic hydroxyl groups is 1. The second kappa shape index (κ2) is 7.95. The molecule has 0 radical (unpaired) electrons. The van der Waals surface area contributed by atoms with Crippen LogP contribution in [0.1, 0.15) is 37.8 Å². The van der Waals surface area contributed by atoms with E-state index in [0.717, 1.165) is 24.0 Å². The van der Waals surface area contributed by atoms with Crippen LogP contribution in [0.15, 0.2) is 24.3 Å². The van der Waals surface area contributed by atoms with E-state index in [-0.39, 0.29) is 11.8 Å². The summed E-state index contributed by atoms with van der Waals surface area (Å²) in [5.74, 6) is 0.234. The Morgan fingerprint density at radius 3 is 2.47 bits per heavy atom. The lowest BCUT2D eigenvalue weighted by atomic mass is 9.96. The van der Waals surface area contributed by atoms with Crippen LogP contribution in [0.4, 0.5) is 0 Å². The molecule has 3 heteroatoms. The summed E-state index contributed by atoms with van der Waals surface area (Å²) in [6.45, 7) is 6.47. The number of rotatable bonds is 7. The average molecular weight is 263 g/mol. The van der Waals surface area contributed by atoms with Gasteiger partial charge in [0, 0.05) is 6.54 Å². The maximum absolute atomic E-state index is 11.8.